The summed E-state index contributed by atoms with van der Waals surface area (Å²) in [5, 5.41) is 13.3. The van der Waals surface area contributed by atoms with Gasteiger partial charge in [0.2, 0.25) is 5.79 Å². The number of benzene rings is 1. The molecule has 4 aliphatic rings. The fraction of sp³-hybridized carbons (Fsp3) is 0.667. The van der Waals surface area contributed by atoms with Gasteiger partial charge >= 0.3 is 5.97 Å². The summed E-state index contributed by atoms with van der Waals surface area (Å²) in [7, 11) is 4.82. The molecule has 2 saturated heterocycles. The number of esters is 1. The normalized spacial score (nSPS) is 34.7. The number of aryl methyl sites for hydroxylation is 1. The van der Waals surface area contributed by atoms with Gasteiger partial charge in [-0.3, -0.25) is 14.4 Å². The first-order valence-corrected chi connectivity index (χ1v) is 24.8. The number of carbonyl (C=O) groups is 4. The summed E-state index contributed by atoms with van der Waals surface area (Å²) in [6.45, 7) is 16.9. The van der Waals surface area contributed by atoms with E-state index in [2.05, 4.69) is 55.5 Å². The number of amides is 1. The Labute approximate surface area is 398 Å². The lowest BCUT2D eigenvalue weighted by Crippen LogP contribution is -2.64. The maximum atomic E-state index is 14.6. The van der Waals surface area contributed by atoms with E-state index in [1.54, 1.807) is 34.3 Å². The quantitative estimate of drug-likeness (QED) is 0.138. The molecular weight excluding hydrogens is 853 g/mol. The first-order chi connectivity index (χ1) is 32.0. The van der Waals surface area contributed by atoms with E-state index in [1.165, 1.54) is 10.4 Å². The van der Waals surface area contributed by atoms with Gasteiger partial charge in [0.1, 0.15) is 35.9 Å². The minimum absolute atomic E-state index is 0.0598. The molecule has 6 rings (SSSR count). The summed E-state index contributed by atoms with van der Waals surface area (Å²) >= 11 is 0. The monoisotopic (exact) mass is 931 g/mol. The second-order valence-corrected chi connectivity index (χ2v) is 20.1. The van der Waals surface area contributed by atoms with Gasteiger partial charge in [0.25, 0.3) is 11.7 Å². The molecule has 0 radical (unpaired) electrons. The number of hydrogen-bond acceptors (Lipinski definition) is 11. The van der Waals surface area contributed by atoms with Crippen molar-refractivity contribution in [2.45, 2.75) is 174 Å². The van der Waals surface area contributed by atoms with E-state index >= 15 is 0 Å². The summed E-state index contributed by atoms with van der Waals surface area (Å²) in [5.41, 5.74) is 3.06. The second kappa shape index (κ2) is 23.4. The lowest BCUT2D eigenvalue weighted by Gasteiger charge is -2.47. The molecule has 13 heteroatoms. The molecule has 3 fully saturated rings. The van der Waals surface area contributed by atoms with Crippen LogP contribution in [0.1, 0.15) is 119 Å². The number of cyclic esters (lactones) is 1. The van der Waals surface area contributed by atoms with Gasteiger partial charge in [0.15, 0.2) is 0 Å². The number of aromatic nitrogens is 1. The molecule has 13 unspecified atom stereocenters. The number of fused-ring (bicyclic) bond motifs is 4. The van der Waals surface area contributed by atoms with Crippen molar-refractivity contribution in [3.05, 3.63) is 66.4 Å². The number of rotatable bonds is 10. The van der Waals surface area contributed by atoms with Gasteiger partial charge in [-0.25, -0.2) is 4.79 Å². The predicted octanol–water partition coefficient (Wildman–Crippen LogP) is 8.73. The Hall–Kier alpha value is -4.14. The number of piperidine rings is 1. The fourth-order valence-corrected chi connectivity index (χ4v) is 11.2. The van der Waals surface area contributed by atoms with E-state index in [1.807, 2.05) is 32.9 Å². The van der Waals surface area contributed by atoms with Crippen molar-refractivity contribution < 1.29 is 52.7 Å². The zero-order chi connectivity index (χ0) is 48.6. The van der Waals surface area contributed by atoms with Gasteiger partial charge < -0.3 is 43.0 Å². The number of nitrogens with zero attached hydrogens (tertiary/aromatic N) is 2. The van der Waals surface area contributed by atoms with Gasteiger partial charge in [0, 0.05) is 69.8 Å². The van der Waals surface area contributed by atoms with Crippen molar-refractivity contribution in [1.82, 2.24) is 9.47 Å². The Balaban J connectivity index is 1.28. The van der Waals surface area contributed by atoms with Crippen molar-refractivity contribution >= 4 is 34.3 Å². The summed E-state index contributed by atoms with van der Waals surface area (Å²) in [4.78, 5) is 58.7. The molecule has 1 N–H and O–H groups in total. The van der Waals surface area contributed by atoms with Crippen LogP contribution < -0.4 is 4.74 Å². The highest BCUT2D eigenvalue weighted by atomic mass is 16.7. The zero-order valence-corrected chi connectivity index (χ0v) is 41.6. The van der Waals surface area contributed by atoms with E-state index in [0.29, 0.717) is 51.4 Å². The summed E-state index contributed by atoms with van der Waals surface area (Å²) in [5.74, 6) is -5.61. The lowest BCUT2D eigenvalue weighted by molar-refractivity contribution is -0.302. The first-order valence-electron chi connectivity index (χ1n) is 24.8. The molecule has 1 aliphatic carbocycles. The number of allylic oxidation sites excluding steroid dienone is 4. The Bertz CT molecular complexity index is 2110. The third kappa shape index (κ3) is 12.2. The average Bonchev–Trinajstić information content (AvgIpc) is 3.74. The SMILES string of the molecule is C=CCC1C=C(C)CC(C)CC(OC)C2OC(O)(C(=O)C(=O)N3CCCCC3C(=O)OC(C(C)=CC3CCC(Oc4ccc5c(ccn5CC)c4)C(OC)C3)C(C)CCC1=O)C(C)CC2OC. The largest absolute Gasteiger partial charge is 0.488 e. The predicted molar refractivity (Wildman–Crippen MR) is 257 cm³/mol. The van der Waals surface area contributed by atoms with Crippen LogP contribution in [0.5, 0.6) is 5.75 Å². The Kier molecular flexibility index (Phi) is 18.3. The number of hydrogen-bond donors (Lipinski definition) is 1. The number of ketones is 2. The maximum absolute atomic E-state index is 14.6. The highest BCUT2D eigenvalue weighted by Gasteiger charge is 2.56. The molecule has 13 nitrogen and oxygen atoms in total. The van der Waals surface area contributed by atoms with Crippen molar-refractivity contribution in [2.75, 3.05) is 27.9 Å². The Morgan fingerprint density at radius 3 is 2.36 bits per heavy atom. The molecule has 370 valence electrons. The molecule has 0 spiro atoms. The molecule has 2 aromatic rings. The van der Waals surface area contributed by atoms with Gasteiger partial charge in [0.05, 0.1) is 18.3 Å². The topological polar surface area (TPSA) is 152 Å². The van der Waals surface area contributed by atoms with E-state index < -0.39 is 59.8 Å². The van der Waals surface area contributed by atoms with Gasteiger partial charge in [-0.2, -0.15) is 0 Å². The maximum Gasteiger partial charge on any atom is 0.329 e. The standard InChI is InChI=1S/C54H78N2O11/c1-11-15-40-27-33(3)26-34(4)28-47(63-9)50-48(64-10)30-37(7)54(61,67-50)51(58)52(59)56-24-14-13-16-43(56)53(60)66-49(35(5)17-21-44(40)57)36(6)29-38-18-22-45(46(31-38)62-8)65-41-19-20-42-39(32-41)23-25-55(42)12-2/h11,19-20,23,25,27,29,32,34-35,37-38,40,43,45-50,61H,1,12-18,21-22,24,26,28,30-31H2,2-10H3. The molecule has 3 aliphatic heterocycles. The number of aliphatic hydroxyl groups is 1. The van der Waals surface area contributed by atoms with E-state index in [4.69, 9.17) is 28.4 Å². The van der Waals surface area contributed by atoms with Crippen LogP contribution in [-0.2, 0) is 49.4 Å². The van der Waals surface area contributed by atoms with Crippen LogP contribution in [-0.4, -0.2) is 114 Å². The third-order valence-electron chi connectivity index (χ3n) is 15.1. The Morgan fingerprint density at radius 1 is 0.925 bits per heavy atom. The van der Waals surface area contributed by atoms with Crippen molar-refractivity contribution in [3.8, 4) is 5.75 Å². The molecule has 1 aromatic heterocycles. The van der Waals surface area contributed by atoms with E-state index in [-0.39, 0.29) is 61.0 Å². The Morgan fingerprint density at radius 2 is 1.66 bits per heavy atom. The van der Waals surface area contributed by atoms with Crippen LogP contribution >= 0.6 is 0 Å². The molecular formula is C54H78N2O11. The van der Waals surface area contributed by atoms with Crippen LogP contribution in [0.3, 0.4) is 0 Å². The highest BCUT2D eigenvalue weighted by Crippen LogP contribution is 2.40. The van der Waals surface area contributed by atoms with E-state index in [0.717, 1.165) is 41.7 Å². The van der Waals surface area contributed by atoms with Gasteiger partial charge in [-0.05, 0) is 139 Å². The molecule has 2 bridgehead atoms. The van der Waals surface area contributed by atoms with Crippen molar-refractivity contribution in [1.29, 1.82) is 0 Å². The minimum atomic E-state index is -2.48. The van der Waals surface area contributed by atoms with Gasteiger partial charge in [-0.15, -0.1) is 6.58 Å². The molecule has 67 heavy (non-hydrogen) atoms. The minimum Gasteiger partial charge on any atom is -0.488 e. The van der Waals surface area contributed by atoms with Crippen LogP contribution in [0.15, 0.2) is 66.4 Å². The summed E-state index contributed by atoms with van der Waals surface area (Å²) < 4.78 is 39.5. The summed E-state index contributed by atoms with van der Waals surface area (Å²) in [6, 6.07) is 7.24. The average molecular weight is 931 g/mol. The highest BCUT2D eigenvalue weighted by molar-refractivity contribution is 6.39. The number of carbonyl (C=O) groups excluding carboxylic acids is 4. The molecule has 1 aromatic carbocycles. The third-order valence-corrected chi connectivity index (χ3v) is 15.1. The van der Waals surface area contributed by atoms with E-state index in [9.17, 15) is 24.3 Å². The lowest BCUT2D eigenvalue weighted by atomic mass is 9.82. The number of Topliss-reactive ketones (excluding diaryl/α,β-unsaturated/α-hetero) is 2. The van der Waals surface area contributed by atoms with Crippen molar-refractivity contribution in [2.24, 2.45) is 29.6 Å². The van der Waals surface area contributed by atoms with Crippen molar-refractivity contribution in [3.63, 3.8) is 0 Å². The molecule has 4 heterocycles. The molecule has 13 atom stereocenters. The van der Waals surface area contributed by atoms with Gasteiger partial charge in [-0.1, -0.05) is 44.6 Å². The zero-order valence-electron chi connectivity index (χ0n) is 41.6. The number of methoxy groups -OCH3 is 3. The van der Waals surface area contributed by atoms with Crippen LogP contribution in [0.4, 0.5) is 0 Å². The fourth-order valence-electron chi connectivity index (χ4n) is 11.2. The molecule has 1 amide bonds. The molecule has 1 saturated carbocycles. The number of ether oxygens (including phenoxy) is 6. The van der Waals surface area contributed by atoms with Crippen LogP contribution in [0, 0.1) is 29.6 Å². The smallest absolute Gasteiger partial charge is 0.329 e. The second-order valence-electron chi connectivity index (χ2n) is 20.1. The van der Waals surface area contributed by atoms with Crippen LogP contribution in [0.2, 0.25) is 0 Å². The first kappa shape index (κ1) is 52.2. The van der Waals surface area contributed by atoms with Crippen LogP contribution in [0.25, 0.3) is 10.9 Å². The summed E-state index contributed by atoms with van der Waals surface area (Å²) in [6.07, 6.45) is 11.4.